The van der Waals surface area contributed by atoms with Gasteiger partial charge in [-0.1, -0.05) is 30.3 Å². The van der Waals surface area contributed by atoms with E-state index in [-0.39, 0.29) is 68.8 Å². The van der Waals surface area contributed by atoms with Gasteiger partial charge in [0.1, 0.15) is 21.6 Å². The summed E-state index contributed by atoms with van der Waals surface area (Å²) in [6.07, 6.45) is 0. The summed E-state index contributed by atoms with van der Waals surface area (Å²) in [4.78, 5) is -0.597. The number of hydrogen-bond acceptors (Lipinski definition) is 9. The molecular weight excluding hydrogens is 527 g/mol. The van der Waals surface area contributed by atoms with Crippen molar-refractivity contribution in [2.24, 2.45) is 10.2 Å². The smallest absolute Gasteiger partial charge is 0.744 e. The van der Waals surface area contributed by atoms with Crippen LogP contribution in [0.4, 0.5) is 22.7 Å². The van der Waals surface area contributed by atoms with E-state index >= 15 is 0 Å². The fourth-order valence-corrected chi connectivity index (χ4v) is 5.73. The number of rotatable bonds is 7. The number of sulfonamides is 1. The van der Waals surface area contributed by atoms with E-state index < -0.39 is 30.8 Å². The Balaban J connectivity index is 0.00000380. The van der Waals surface area contributed by atoms with E-state index in [0.717, 1.165) is 12.1 Å². The quantitative estimate of drug-likeness (QED) is 0.153. The van der Waals surface area contributed by atoms with E-state index in [9.17, 15) is 26.5 Å². The van der Waals surface area contributed by atoms with Crippen molar-refractivity contribution in [3.05, 3.63) is 78.9 Å². The van der Waals surface area contributed by atoms with Crippen LogP contribution in [0.15, 0.2) is 98.9 Å². The van der Waals surface area contributed by atoms with Crippen LogP contribution < -0.4 is 39.6 Å². The van der Waals surface area contributed by atoms with Crippen LogP contribution in [0.2, 0.25) is 0 Å². The first-order chi connectivity index (χ1) is 17.0. The van der Waals surface area contributed by atoms with Crippen molar-refractivity contribution in [3.8, 4) is 5.75 Å². The molecule has 0 spiro atoms. The molecule has 4 aromatic rings. The van der Waals surface area contributed by atoms with Gasteiger partial charge in [-0.05, 0) is 60.8 Å². The molecule has 13 heteroatoms. The first-order valence-corrected chi connectivity index (χ1v) is 13.5. The summed E-state index contributed by atoms with van der Waals surface area (Å²) in [5.41, 5.74) is 6.90. The summed E-state index contributed by atoms with van der Waals surface area (Å²) in [6.45, 7) is 1.94. The summed E-state index contributed by atoms with van der Waals surface area (Å²) in [5, 5.41) is 18.9. The van der Waals surface area contributed by atoms with Gasteiger partial charge in [0.25, 0.3) is 10.0 Å². The number of azo groups is 1. The Hall–Kier alpha value is -3.00. The molecule has 0 unspecified atom stereocenters. The van der Waals surface area contributed by atoms with Crippen molar-refractivity contribution in [1.29, 1.82) is 0 Å². The predicted octanol–water partition coefficient (Wildman–Crippen LogP) is 1.67. The second-order valence-corrected chi connectivity index (χ2v) is 10.9. The molecule has 0 saturated heterocycles. The van der Waals surface area contributed by atoms with Gasteiger partial charge in [0.15, 0.2) is 0 Å². The first kappa shape index (κ1) is 28.6. The van der Waals surface area contributed by atoms with Crippen LogP contribution in [0.1, 0.15) is 6.92 Å². The molecule has 3 N–H and O–H groups in total. The maximum absolute atomic E-state index is 13.3. The van der Waals surface area contributed by atoms with Crippen molar-refractivity contribution in [2.75, 3.05) is 16.6 Å². The molecule has 37 heavy (non-hydrogen) atoms. The molecule has 0 aliphatic carbocycles. The molecule has 0 fully saturated rings. The average molecular weight is 549 g/mol. The Morgan fingerprint density at radius 1 is 0.892 bits per heavy atom. The molecule has 0 radical (unpaired) electrons. The number of phenols is 1. The van der Waals surface area contributed by atoms with Gasteiger partial charge in [0.2, 0.25) is 0 Å². The molecule has 0 aromatic heterocycles. The normalized spacial score (nSPS) is 11.9. The molecule has 0 atom stereocenters. The monoisotopic (exact) mass is 548 g/mol. The maximum Gasteiger partial charge on any atom is 1.00 e. The minimum atomic E-state index is -4.80. The van der Waals surface area contributed by atoms with Crippen molar-refractivity contribution >= 4 is 53.7 Å². The molecule has 0 bridgehead atoms. The number of hydrogen-bond donors (Lipinski definition) is 2. The zero-order valence-corrected chi connectivity index (χ0v) is 23.6. The van der Waals surface area contributed by atoms with Crippen LogP contribution >= 0.6 is 0 Å². The van der Waals surface area contributed by atoms with Crippen molar-refractivity contribution in [1.82, 2.24) is 0 Å². The Kier molecular flexibility index (Phi) is 8.63. The minimum Gasteiger partial charge on any atom is -0.744 e. The topological polar surface area (TPSA) is 166 Å². The molecule has 0 aliphatic rings. The van der Waals surface area contributed by atoms with Crippen molar-refractivity contribution in [2.45, 2.75) is 16.7 Å². The second kappa shape index (κ2) is 11.2. The van der Waals surface area contributed by atoms with E-state index in [2.05, 4.69) is 10.2 Å². The predicted molar refractivity (Wildman–Crippen MR) is 135 cm³/mol. The Bertz CT molecular complexity index is 1700. The summed E-state index contributed by atoms with van der Waals surface area (Å²) < 4.78 is 62.0. The van der Waals surface area contributed by atoms with Crippen LogP contribution in [0.25, 0.3) is 10.8 Å². The molecule has 186 valence electrons. The summed E-state index contributed by atoms with van der Waals surface area (Å²) >= 11 is 0. The molecule has 4 aromatic carbocycles. The van der Waals surface area contributed by atoms with Crippen molar-refractivity contribution < 1.29 is 56.1 Å². The Morgan fingerprint density at radius 3 is 2.24 bits per heavy atom. The number of nitrogens with two attached hydrogens (primary N) is 1. The van der Waals surface area contributed by atoms with E-state index in [0.29, 0.717) is 5.69 Å². The number of benzene rings is 4. The molecule has 0 aliphatic heterocycles. The Labute approximate surface area is 236 Å². The minimum absolute atomic E-state index is 0. The molecule has 0 heterocycles. The van der Waals surface area contributed by atoms with Crippen molar-refractivity contribution in [3.63, 3.8) is 0 Å². The molecule has 0 saturated carbocycles. The van der Waals surface area contributed by atoms with Crippen LogP contribution in [0.5, 0.6) is 5.75 Å². The first-order valence-electron chi connectivity index (χ1n) is 10.6. The van der Waals surface area contributed by atoms with Gasteiger partial charge in [0.05, 0.1) is 32.2 Å². The zero-order chi connectivity index (χ0) is 26.1. The van der Waals surface area contributed by atoms with Gasteiger partial charge in [0, 0.05) is 6.54 Å². The zero-order valence-electron chi connectivity index (χ0n) is 19.9. The number of anilines is 2. The van der Waals surface area contributed by atoms with Crippen LogP contribution in [-0.2, 0) is 20.1 Å². The standard InChI is InChI=1S/C24H22N4O6S2.Na/c1-2-28(18-8-4-3-5-9-18)35(30,31)19-10-6-7-17(14-19)26-27-24-21(25)12-11-16-13-20(36(32,33)34)15-22(29)23(16)24;/h3-15,29H,2,25H2,1H3,(H,32,33,34);/q;+1/p-1. The van der Waals surface area contributed by atoms with Crippen LogP contribution in [-0.4, -0.2) is 33.0 Å². The van der Waals surface area contributed by atoms with E-state index in [1.807, 2.05) is 0 Å². The fourth-order valence-electron chi connectivity index (χ4n) is 3.69. The van der Waals surface area contributed by atoms with Gasteiger partial charge in [-0.25, -0.2) is 16.8 Å². The largest absolute Gasteiger partial charge is 1.00 e. The van der Waals surface area contributed by atoms with Gasteiger partial charge in [-0.15, -0.1) is 5.11 Å². The molecular formula is C24H21N4NaO6S2. The number of nitrogen functional groups attached to an aromatic ring is 1. The third kappa shape index (κ3) is 5.95. The van der Waals surface area contributed by atoms with E-state index in [1.165, 1.54) is 34.6 Å². The molecule has 10 nitrogen and oxygen atoms in total. The maximum atomic E-state index is 13.3. The van der Waals surface area contributed by atoms with Gasteiger partial charge in [-0.2, -0.15) is 5.11 Å². The molecule has 0 amide bonds. The third-order valence-corrected chi connectivity index (χ3v) is 8.08. The summed E-state index contributed by atoms with van der Waals surface area (Å²) in [6, 6.07) is 19.3. The number of nitrogens with zero attached hydrogens (tertiary/aromatic N) is 3. The SMILES string of the molecule is CCN(c1ccccc1)S(=O)(=O)c1cccc(N=Nc2c(N)ccc3cc(S(=O)(=O)[O-])cc(O)c23)c1.[Na+]. The van der Waals surface area contributed by atoms with Crippen LogP contribution in [0, 0.1) is 0 Å². The Morgan fingerprint density at radius 2 is 1.59 bits per heavy atom. The number of aromatic hydroxyl groups is 1. The number of fused-ring (bicyclic) bond motifs is 1. The van der Waals surface area contributed by atoms with E-state index in [4.69, 9.17) is 5.73 Å². The van der Waals surface area contributed by atoms with Gasteiger partial charge >= 0.3 is 29.6 Å². The van der Waals surface area contributed by atoms with Gasteiger partial charge in [-0.3, -0.25) is 4.31 Å². The number of phenolic OH excluding ortho intramolecular Hbond substituents is 1. The second-order valence-electron chi connectivity index (χ2n) is 7.70. The van der Waals surface area contributed by atoms with Gasteiger partial charge < -0.3 is 15.4 Å². The summed E-state index contributed by atoms with van der Waals surface area (Å²) in [5.74, 6) is -0.513. The fraction of sp³-hybridized carbons (Fsp3) is 0.0833. The number of para-hydroxylation sites is 1. The van der Waals surface area contributed by atoms with E-state index in [1.54, 1.807) is 43.3 Å². The average Bonchev–Trinajstić information content (AvgIpc) is 2.84. The molecule has 4 rings (SSSR count). The summed E-state index contributed by atoms with van der Waals surface area (Å²) in [7, 11) is -8.70. The third-order valence-electron chi connectivity index (χ3n) is 5.37. The van der Waals surface area contributed by atoms with Crippen LogP contribution in [0.3, 0.4) is 0 Å².